The first-order chi connectivity index (χ1) is 14.9. The van der Waals surface area contributed by atoms with E-state index in [4.69, 9.17) is 0 Å². The number of unbranched alkanes of at least 4 members (excludes halogenated alkanes) is 4. The average molecular weight is 435 g/mol. The van der Waals surface area contributed by atoms with Gasteiger partial charge in [-0.15, -0.1) is 0 Å². The van der Waals surface area contributed by atoms with Crippen LogP contribution in [0.4, 0.5) is 17.6 Å². The summed E-state index contributed by atoms with van der Waals surface area (Å²) in [5.74, 6) is -2.64. The van der Waals surface area contributed by atoms with Crippen molar-refractivity contribution < 1.29 is 17.6 Å². The Labute approximate surface area is 184 Å². The molecular formula is C27H34F4. The maximum Gasteiger partial charge on any atom is 0.332 e. The summed E-state index contributed by atoms with van der Waals surface area (Å²) in [6.45, 7) is 2.25. The smallest absolute Gasteiger partial charge is 0.203 e. The molecule has 0 aliphatic heterocycles. The molecule has 170 valence electrons. The molecule has 1 aliphatic carbocycles. The predicted molar refractivity (Wildman–Crippen MR) is 120 cm³/mol. The molecule has 3 rings (SSSR count). The standard InChI is InChI=1S/C27H34F4/c1-2-3-4-5-6-7-20-8-10-21(11-9-20)22-12-14-23(15-13-22)24-16-18-25(19-17-24)27(30,31)26(28)29/h12-21,26H,2-11H2,1H3. The van der Waals surface area contributed by atoms with Crippen LogP contribution in [0, 0.1) is 5.92 Å². The lowest BCUT2D eigenvalue weighted by Gasteiger charge is -2.29. The summed E-state index contributed by atoms with van der Waals surface area (Å²) in [5, 5.41) is 0. The van der Waals surface area contributed by atoms with Crippen molar-refractivity contribution in [3.8, 4) is 11.1 Å². The van der Waals surface area contributed by atoms with E-state index in [1.165, 1.54) is 81.9 Å². The highest BCUT2D eigenvalue weighted by Crippen LogP contribution is 2.39. The molecule has 0 nitrogen and oxygen atoms in total. The fraction of sp³-hybridized carbons (Fsp3) is 0.556. The summed E-state index contributed by atoms with van der Waals surface area (Å²) >= 11 is 0. The third-order valence-corrected chi connectivity index (χ3v) is 6.82. The lowest BCUT2D eigenvalue weighted by Crippen LogP contribution is -2.23. The van der Waals surface area contributed by atoms with Crippen LogP contribution in [0.25, 0.3) is 11.1 Å². The number of benzene rings is 2. The van der Waals surface area contributed by atoms with Gasteiger partial charge in [0.15, 0.2) is 0 Å². The van der Waals surface area contributed by atoms with Crippen molar-refractivity contribution in [2.45, 2.75) is 89.4 Å². The van der Waals surface area contributed by atoms with Crippen molar-refractivity contribution in [2.75, 3.05) is 0 Å². The zero-order valence-corrected chi connectivity index (χ0v) is 18.4. The number of hydrogen-bond acceptors (Lipinski definition) is 0. The molecule has 2 aromatic carbocycles. The highest BCUT2D eigenvalue weighted by molar-refractivity contribution is 5.64. The summed E-state index contributed by atoms with van der Waals surface area (Å²) in [7, 11) is 0. The zero-order chi connectivity index (χ0) is 22.3. The van der Waals surface area contributed by atoms with E-state index in [0.717, 1.165) is 29.2 Å². The van der Waals surface area contributed by atoms with E-state index in [9.17, 15) is 17.6 Å². The minimum atomic E-state index is -4.11. The first-order valence-electron chi connectivity index (χ1n) is 11.8. The first-order valence-corrected chi connectivity index (χ1v) is 11.8. The topological polar surface area (TPSA) is 0 Å². The van der Waals surface area contributed by atoms with Crippen molar-refractivity contribution in [2.24, 2.45) is 5.92 Å². The van der Waals surface area contributed by atoms with Crippen LogP contribution in [-0.4, -0.2) is 6.43 Å². The summed E-state index contributed by atoms with van der Waals surface area (Å²) in [6.07, 6.45) is 9.51. The molecule has 0 atom stereocenters. The molecule has 0 N–H and O–H groups in total. The quantitative estimate of drug-likeness (QED) is 0.258. The summed E-state index contributed by atoms with van der Waals surface area (Å²) in [5.41, 5.74) is 2.36. The van der Waals surface area contributed by atoms with Crippen LogP contribution < -0.4 is 0 Å². The molecule has 0 radical (unpaired) electrons. The first kappa shape index (κ1) is 23.8. The van der Waals surface area contributed by atoms with Gasteiger partial charge in [-0.3, -0.25) is 0 Å². The fourth-order valence-electron chi connectivity index (χ4n) is 4.78. The van der Waals surface area contributed by atoms with Gasteiger partial charge >= 0.3 is 12.3 Å². The van der Waals surface area contributed by atoms with Crippen LogP contribution in [0.1, 0.15) is 88.2 Å². The Morgan fingerprint density at radius 1 is 0.774 bits per heavy atom. The van der Waals surface area contributed by atoms with E-state index in [-0.39, 0.29) is 0 Å². The van der Waals surface area contributed by atoms with Crippen LogP contribution in [0.2, 0.25) is 0 Å². The molecule has 0 bridgehead atoms. The largest absolute Gasteiger partial charge is 0.332 e. The van der Waals surface area contributed by atoms with Crippen LogP contribution >= 0.6 is 0 Å². The molecule has 0 unspecified atom stereocenters. The molecule has 2 aromatic rings. The highest BCUT2D eigenvalue weighted by Gasteiger charge is 2.42. The molecule has 0 saturated heterocycles. The average Bonchev–Trinajstić information content (AvgIpc) is 2.79. The SMILES string of the molecule is CCCCCCCC1CCC(c2ccc(-c3ccc(C(F)(F)C(F)F)cc3)cc2)CC1. The number of rotatable bonds is 10. The van der Waals surface area contributed by atoms with Crippen molar-refractivity contribution in [1.29, 1.82) is 0 Å². The third kappa shape index (κ3) is 6.33. The van der Waals surface area contributed by atoms with Crippen LogP contribution in [-0.2, 0) is 5.92 Å². The molecule has 0 aromatic heterocycles. The lowest BCUT2D eigenvalue weighted by molar-refractivity contribution is -0.135. The van der Waals surface area contributed by atoms with E-state index in [1.807, 2.05) is 12.1 Å². The molecular weight excluding hydrogens is 400 g/mol. The van der Waals surface area contributed by atoms with Gasteiger partial charge in [0, 0.05) is 5.56 Å². The minimum Gasteiger partial charge on any atom is -0.203 e. The Hall–Kier alpha value is -1.84. The second-order valence-corrected chi connectivity index (χ2v) is 9.04. The number of hydrogen-bond donors (Lipinski definition) is 0. The Kier molecular flexibility index (Phi) is 8.57. The normalized spacial score (nSPS) is 19.7. The van der Waals surface area contributed by atoms with E-state index in [0.29, 0.717) is 5.92 Å². The van der Waals surface area contributed by atoms with E-state index in [1.54, 1.807) is 0 Å². The molecule has 0 spiro atoms. The van der Waals surface area contributed by atoms with E-state index < -0.39 is 17.9 Å². The van der Waals surface area contributed by atoms with Crippen molar-refractivity contribution in [3.05, 3.63) is 59.7 Å². The minimum absolute atomic E-state index is 0.595. The molecule has 4 heteroatoms. The second-order valence-electron chi connectivity index (χ2n) is 9.04. The maximum atomic E-state index is 13.5. The molecule has 1 aliphatic rings. The highest BCUT2D eigenvalue weighted by atomic mass is 19.3. The predicted octanol–water partition coefficient (Wildman–Crippen LogP) is 9.34. The summed E-state index contributed by atoms with van der Waals surface area (Å²) in [6, 6.07) is 13.5. The molecule has 0 amide bonds. The Balaban J connectivity index is 1.52. The monoisotopic (exact) mass is 434 g/mol. The van der Waals surface area contributed by atoms with Gasteiger partial charge in [0.25, 0.3) is 0 Å². The fourth-order valence-corrected chi connectivity index (χ4v) is 4.78. The summed E-state index contributed by atoms with van der Waals surface area (Å²) in [4.78, 5) is 0. The van der Waals surface area contributed by atoms with Crippen molar-refractivity contribution in [3.63, 3.8) is 0 Å². The van der Waals surface area contributed by atoms with Crippen LogP contribution in [0.15, 0.2) is 48.5 Å². The van der Waals surface area contributed by atoms with Gasteiger partial charge in [0.1, 0.15) is 0 Å². The van der Waals surface area contributed by atoms with E-state index >= 15 is 0 Å². The molecule has 0 heterocycles. The Bertz CT molecular complexity index is 772. The Morgan fingerprint density at radius 2 is 1.32 bits per heavy atom. The third-order valence-electron chi connectivity index (χ3n) is 6.82. The maximum absolute atomic E-state index is 13.5. The Morgan fingerprint density at radius 3 is 1.87 bits per heavy atom. The number of alkyl halides is 4. The summed E-state index contributed by atoms with van der Waals surface area (Å²) < 4.78 is 52.0. The second kappa shape index (κ2) is 11.2. The van der Waals surface area contributed by atoms with Gasteiger partial charge in [-0.1, -0.05) is 94.0 Å². The number of halogens is 4. The lowest BCUT2D eigenvalue weighted by atomic mass is 9.77. The van der Waals surface area contributed by atoms with Crippen molar-refractivity contribution >= 4 is 0 Å². The molecule has 1 fully saturated rings. The molecule has 31 heavy (non-hydrogen) atoms. The van der Waals surface area contributed by atoms with Gasteiger partial charge < -0.3 is 0 Å². The zero-order valence-electron chi connectivity index (χ0n) is 18.4. The van der Waals surface area contributed by atoms with Gasteiger partial charge in [-0.25, -0.2) is 8.78 Å². The van der Waals surface area contributed by atoms with Crippen molar-refractivity contribution in [1.82, 2.24) is 0 Å². The molecule has 1 saturated carbocycles. The van der Waals surface area contributed by atoms with Gasteiger partial charge in [0.05, 0.1) is 0 Å². The van der Waals surface area contributed by atoms with Crippen LogP contribution in [0.3, 0.4) is 0 Å². The van der Waals surface area contributed by atoms with Gasteiger partial charge in [0.2, 0.25) is 0 Å². The van der Waals surface area contributed by atoms with Gasteiger partial charge in [-0.2, -0.15) is 8.78 Å². The van der Waals surface area contributed by atoms with E-state index in [2.05, 4.69) is 19.1 Å². The van der Waals surface area contributed by atoms with Gasteiger partial charge in [-0.05, 0) is 54.2 Å². The van der Waals surface area contributed by atoms with Crippen LogP contribution in [0.5, 0.6) is 0 Å².